The van der Waals surface area contributed by atoms with E-state index in [1.807, 2.05) is 32.0 Å². The van der Waals surface area contributed by atoms with E-state index in [2.05, 4.69) is 26.4 Å². The molecule has 1 aliphatic heterocycles. The zero-order valence-electron chi connectivity index (χ0n) is 17.3. The van der Waals surface area contributed by atoms with Crippen LogP contribution in [0.2, 0.25) is 5.02 Å². The summed E-state index contributed by atoms with van der Waals surface area (Å²) < 4.78 is 7.30. The standard InChI is InChI=1S/C22H26ClN5O2/c1-15-19(16(2)28-21(27-15)25-14-26-28)6-7-20(29)24-13-22(8-10-30-11-9-22)17-4-3-5-18(23)12-17/h3-5,12,14H,6-11,13H2,1-2H3,(H,24,29). The van der Waals surface area contributed by atoms with Crippen molar-refractivity contribution in [3.63, 3.8) is 0 Å². The molecule has 0 atom stereocenters. The van der Waals surface area contributed by atoms with Crippen LogP contribution >= 0.6 is 11.6 Å². The topological polar surface area (TPSA) is 81.4 Å². The van der Waals surface area contributed by atoms with Crippen molar-refractivity contribution in [3.05, 3.63) is 58.1 Å². The summed E-state index contributed by atoms with van der Waals surface area (Å²) in [7, 11) is 0. The van der Waals surface area contributed by atoms with Gasteiger partial charge in [-0.25, -0.2) is 9.50 Å². The van der Waals surface area contributed by atoms with Crippen molar-refractivity contribution in [2.75, 3.05) is 19.8 Å². The molecule has 0 saturated carbocycles. The Morgan fingerprint density at radius 1 is 1.30 bits per heavy atom. The molecule has 4 rings (SSSR count). The van der Waals surface area contributed by atoms with Gasteiger partial charge in [-0.15, -0.1) is 0 Å². The summed E-state index contributed by atoms with van der Waals surface area (Å²) in [4.78, 5) is 21.3. The Labute approximate surface area is 180 Å². The van der Waals surface area contributed by atoms with E-state index in [-0.39, 0.29) is 11.3 Å². The highest BCUT2D eigenvalue weighted by atomic mass is 35.5. The highest BCUT2D eigenvalue weighted by Gasteiger charge is 2.35. The van der Waals surface area contributed by atoms with E-state index in [0.717, 1.165) is 35.4 Å². The van der Waals surface area contributed by atoms with E-state index < -0.39 is 0 Å². The second-order valence-electron chi connectivity index (χ2n) is 7.91. The lowest BCUT2D eigenvalue weighted by Gasteiger charge is -2.38. The number of amides is 1. The molecule has 8 heteroatoms. The molecule has 1 fully saturated rings. The van der Waals surface area contributed by atoms with Crippen molar-refractivity contribution >= 4 is 23.3 Å². The summed E-state index contributed by atoms with van der Waals surface area (Å²) in [5.41, 5.74) is 3.92. The Hall–Kier alpha value is -2.51. The van der Waals surface area contributed by atoms with Gasteiger partial charge in [-0.1, -0.05) is 23.7 Å². The number of hydrogen-bond acceptors (Lipinski definition) is 5. The van der Waals surface area contributed by atoms with Gasteiger partial charge in [0, 0.05) is 48.0 Å². The molecule has 2 aromatic heterocycles. The third-order valence-electron chi connectivity index (χ3n) is 6.10. The zero-order valence-corrected chi connectivity index (χ0v) is 18.1. The van der Waals surface area contributed by atoms with Gasteiger partial charge in [-0.2, -0.15) is 10.1 Å². The van der Waals surface area contributed by atoms with E-state index in [1.54, 1.807) is 4.52 Å². The molecular weight excluding hydrogens is 402 g/mol. The normalized spacial score (nSPS) is 16.0. The van der Waals surface area contributed by atoms with Crippen LogP contribution in [0.3, 0.4) is 0 Å². The second kappa shape index (κ2) is 8.70. The fourth-order valence-corrected chi connectivity index (χ4v) is 4.45. The summed E-state index contributed by atoms with van der Waals surface area (Å²) in [6, 6.07) is 7.94. The maximum absolute atomic E-state index is 12.7. The molecule has 0 spiro atoms. The number of nitrogens with one attached hydrogen (secondary N) is 1. The van der Waals surface area contributed by atoms with Crippen LogP contribution in [0.25, 0.3) is 5.78 Å². The van der Waals surface area contributed by atoms with Gasteiger partial charge >= 0.3 is 0 Å². The van der Waals surface area contributed by atoms with E-state index in [0.29, 0.717) is 43.4 Å². The molecule has 7 nitrogen and oxygen atoms in total. The fraction of sp³-hybridized carbons (Fsp3) is 0.455. The number of hydrogen-bond donors (Lipinski definition) is 1. The molecule has 3 heterocycles. The average molecular weight is 428 g/mol. The summed E-state index contributed by atoms with van der Waals surface area (Å²) in [5, 5.41) is 8.09. The predicted molar refractivity (Wildman–Crippen MR) is 115 cm³/mol. The summed E-state index contributed by atoms with van der Waals surface area (Å²) in [6.07, 6.45) is 4.22. The van der Waals surface area contributed by atoms with Crippen LogP contribution in [-0.4, -0.2) is 45.2 Å². The van der Waals surface area contributed by atoms with Crippen LogP contribution in [0.15, 0.2) is 30.6 Å². The third-order valence-corrected chi connectivity index (χ3v) is 6.34. The minimum Gasteiger partial charge on any atom is -0.381 e. The second-order valence-corrected chi connectivity index (χ2v) is 8.35. The summed E-state index contributed by atoms with van der Waals surface area (Å²) in [5.74, 6) is 0.613. The SMILES string of the molecule is Cc1nc2ncnn2c(C)c1CCC(=O)NCC1(c2cccc(Cl)c2)CCOCC1. The maximum Gasteiger partial charge on any atom is 0.252 e. The van der Waals surface area contributed by atoms with Crippen molar-refractivity contribution < 1.29 is 9.53 Å². The van der Waals surface area contributed by atoms with Crippen LogP contribution in [-0.2, 0) is 21.4 Å². The Morgan fingerprint density at radius 3 is 2.87 bits per heavy atom. The fourth-order valence-electron chi connectivity index (χ4n) is 4.26. The first-order chi connectivity index (χ1) is 14.5. The van der Waals surface area contributed by atoms with Crippen LogP contribution in [0.1, 0.15) is 41.8 Å². The molecule has 0 aliphatic carbocycles. The number of nitrogens with zero attached hydrogens (tertiary/aromatic N) is 4. The smallest absolute Gasteiger partial charge is 0.252 e. The van der Waals surface area contributed by atoms with Gasteiger partial charge in [-0.3, -0.25) is 4.79 Å². The van der Waals surface area contributed by atoms with Gasteiger partial charge in [0.2, 0.25) is 5.91 Å². The molecule has 1 amide bonds. The molecule has 3 aromatic rings. The van der Waals surface area contributed by atoms with Gasteiger partial charge in [-0.05, 0) is 56.4 Å². The van der Waals surface area contributed by atoms with E-state index in [4.69, 9.17) is 16.3 Å². The van der Waals surface area contributed by atoms with E-state index >= 15 is 0 Å². The molecule has 158 valence electrons. The van der Waals surface area contributed by atoms with Gasteiger partial charge in [0.15, 0.2) is 0 Å². The largest absolute Gasteiger partial charge is 0.381 e. The molecule has 1 aliphatic rings. The van der Waals surface area contributed by atoms with Gasteiger partial charge < -0.3 is 10.1 Å². The van der Waals surface area contributed by atoms with E-state index in [1.165, 1.54) is 6.33 Å². The van der Waals surface area contributed by atoms with Crippen molar-refractivity contribution in [1.82, 2.24) is 24.9 Å². The Morgan fingerprint density at radius 2 is 2.10 bits per heavy atom. The molecule has 1 N–H and O–H groups in total. The molecule has 1 aromatic carbocycles. The maximum atomic E-state index is 12.7. The minimum atomic E-state index is -0.147. The molecule has 30 heavy (non-hydrogen) atoms. The Balaban J connectivity index is 1.43. The van der Waals surface area contributed by atoms with Crippen LogP contribution < -0.4 is 5.32 Å². The van der Waals surface area contributed by atoms with Gasteiger partial charge in [0.25, 0.3) is 5.78 Å². The monoisotopic (exact) mass is 427 g/mol. The Bertz CT molecular complexity index is 1060. The van der Waals surface area contributed by atoms with Gasteiger partial charge in [0.1, 0.15) is 6.33 Å². The lowest BCUT2D eigenvalue weighted by atomic mass is 9.74. The highest BCUT2D eigenvalue weighted by molar-refractivity contribution is 6.30. The van der Waals surface area contributed by atoms with Crippen molar-refractivity contribution in [2.24, 2.45) is 0 Å². The first-order valence-electron chi connectivity index (χ1n) is 10.2. The summed E-state index contributed by atoms with van der Waals surface area (Å²) in [6.45, 7) is 5.88. The highest BCUT2D eigenvalue weighted by Crippen LogP contribution is 2.35. The molecular formula is C22H26ClN5O2. The van der Waals surface area contributed by atoms with Crippen molar-refractivity contribution in [1.29, 1.82) is 0 Å². The predicted octanol–water partition coefficient (Wildman–Crippen LogP) is 3.19. The van der Waals surface area contributed by atoms with Crippen LogP contribution in [0.5, 0.6) is 0 Å². The quantitative estimate of drug-likeness (QED) is 0.653. The average Bonchev–Trinajstić information content (AvgIpc) is 3.21. The van der Waals surface area contributed by atoms with Crippen LogP contribution in [0, 0.1) is 13.8 Å². The molecule has 0 unspecified atom stereocenters. The lowest BCUT2D eigenvalue weighted by molar-refractivity contribution is -0.121. The number of aromatic nitrogens is 4. The molecule has 0 bridgehead atoms. The lowest BCUT2D eigenvalue weighted by Crippen LogP contribution is -2.44. The zero-order chi connectivity index (χ0) is 21.1. The van der Waals surface area contributed by atoms with Gasteiger partial charge in [0.05, 0.1) is 0 Å². The van der Waals surface area contributed by atoms with E-state index in [9.17, 15) is 4.79 Å². The number of aryl methyl sites for hydroxylation is 2. The number of rotatable bonds is 6. The minimum absolute atomic E-state index is 0.0281. The Kier molecular flexibility index (Phi) is 6.01. The third kappa shape index (κ3) is 4.18. The number of carbonyl (C=O) groups is 1. The molecule has 1 saturated heterocycles. The first kappa shape index (κ1) is 20.8. The molecule has 0 radical (unpaired) electrons. The van der Waals surface area contributed by atoms with Crippen molar-refractivity contribution in [2.45, 2.75) is 44.9 Å². The number of halogens is 1. The number of carbonyl (C=O) groups excluding carboxylic acids is 1. The summed E-state index contributed by atoms with van der Waals surface area (Å²) >= 11 is 6.23. The number of ether oxygens (including phenoxy) is 1. The van der Waals surface area contributed by atoms with Crippen LogP contribution in [0.4, 0.5) is 0 Å². The number of benzene rings is 1. The first-order valence-corrected chi connectivity index (χ1v) is 10.6. The van der Waals surface area contributed by atoms with Crippen molar-refractivity contribution in [3.8, 4) is 0 Å². The number of fused-ring (bicyclic) bond motifs is 1.